The second-order valence-electron chi connectivity index (χ2n) is 7.27. The summed E-state index contributed by atoms with van der Waals surface area (Å²) in [6.07, 6.45) is 3.99. The number of hydrogen-bond acceptors (Lipinski definition) is 4. The molecule has 2 rings (SSSR count). The zero-order valence-corrected chi connectivity index (χ0v) is 18.4. The molecule has 152 valence electrons. The fourth-order valence-corrected chi connectivity index (χ4v) is 4.46. The van der Waals surface area contributed by atoms with Crippen LogP contribution in [0.2, 0.25) is 0 Å². The molecule has 0 aromatic heterocycles. The standard InChI is InChI=1S/C19H32N4O2S2/c1-5-20-18(22-15-19(2,3)26-4)21-14-16-8-10-17(11-9-16)27(24,25)23-12-6-7-13-23/h8-11H,5-7,12-15H2,1-4H3,(H2,20,21,22). The lowest BCUT2D eigenvalue weighted by molar-refractivity contribution is 0.477. The molecule has 1 aromatic rings. The van der Waals surface area contributed by atoms with E-state index in [-0.39, 0.29) is 4.75 Å². The Morgan fingerprint density at radius 2 is 1.81 bits per heavy atom. The van der Waals surface area contributed by atoms with Crippen LogP contribution >= 0.6 is 11.8 Å². The van der Waals surface area contributed by atoms with Gasteiger partial charge in [-0.25, -0.2) is 13.4 Å². The van der Waals surface area contributed by atoms with Gasteiger partial charge in [0.2, 0.25) is 10.0 Å². The van der Waals surface area contributed by atoms with Crippen molar-refractivity contribution in [1.82, 2.24) is 14.9 Å². The van der Waals surface area contributed by atoms with Gasteiger partial charge in [0.1, 0.15) is 0 Å². The normalized spacial score (nSPS) is 16.5. The van der Waals surface area contributed by atoms with E-state index in [9.17, 15) is 8.42 Å². The van der Waals surface area contributed by atoms with Crippen molar-refractivity contribution in [3.63, 3.8) is 0 Å². The zero-order valence-electron chi connectivity index (χ0n) is 16.8. The Morgan fingerprint density at radius 1 is 1.19 bits per heavy atom. The first-order chi connectivity index (χ1) is 12.8. The summed E-state index contributed by atoms with van der Waals surface area (Å²) in [6, 6.07) is 7.08. The number of thioether (sulfide) groups is 1. The Kier molecular flexibility index (Phi) is 8.00. The molecule has 1 aromatic carbocycles. The summed E-state index contributed by atoms with van der Waals surface area (Å²) >= 11 is 1.81. The van der Waals surface area contributed by atoms with Crippen molar-refractivity contribution >= 4 is 27.7 Å². The Bertz CT molecular complexity index is 725. The lowest BCUT2D eigenvalue weighted by Gasteiger charge is -2.23. The number of rotatable bonds is 8. The van der Waals surface area contributed by atoms with Crippen LogP contribution in [-0.2, 0) is 16.6 Å². The molecule has 0 atom stereocenters. The summed E-state index contributed by atoms with van der Waals surface area (Å²) in [5, 5.41) is 6.62. The molecular weight excluding hydrogens is 380 g/mol. The van der Waals surface area contributed by atoms with Crippen LogP contribution in [0.25, 0.3) is 0 Å². The van der Waals surface area contributed by atoms with Gasteiger partial charge in [-0.2, -0.15) is 16.1 Å². The molecule has 6 nitrogen and oxygen atoms in total. The summed E-state index contributed by atoms with van der Waals surface area (Å²) in [7, 11) is -3.35. The summed E-state index contributed by atoms with van der Waals surface area (Å²) in [6.45, 7) is 9.76. The smallest absolute Gasteiger partial charge is 0.243 e. The van der Waals surface area contributed by atoms with E-state index < -0.39 is 10.0 Å². The summed E-state index contributed by atoms with van der Waals surface area (Å²) in [5.41, 5.74) is 0.983. The van der Waals surface area contributed by atoms with Crippen molar-refractivity contribution in [3.05, 3.63) is 29.8 Å². The highest BCUT2D eigenvalue weighted by atomic mass is 32.2. The molecule has 27 heavy (non-hydrogen) atoms. The number of nitrogens with one attached hydrogen (secondary N) is 2. The first-order valence-electron chi connectivity index (χ1n) is 9.45. The number of hydrogen-bond donors (Lipinski definition) is 2. The number of nitrogens with zero attached hydrogens (tertiary/aromatic N) is 2. The van der Waals surface area contributed by atoms with E-state index in [2.05, 4.69) is 35.7 Å². The SMILES string of the molecule is CCNC(=NCc1ccc(S(=O)(=O)N2CCCC2)cc1)NCC(C)(C)SC. The molecule has 0 aliphatic carbocycles. The monoisotopic (exact) mass is 412 g/mol. The molecule has 1 heterocycles. The zero-order chi connectivity index (χ0) is 19.9. The summed E-state index contributed by atoms with van der Waals surface area (Å²) in [5.74, 6) is 0.772. The molecule has 2 N–H and O–H groups in total. The highest BCUT2D eigenvalue weighted by Crippen LogP contribution is 2.21. The predicted octanol–water partition coefficient (Wildman–Crippen LogP) is 2.67. The highest BCUT2D eigenvalue weighted by Gasteiger charge is 2.26. The first kappa shape index (κ1) is 22.0. The maximum absolute atomic E-state index is 12.6. The number of benzene rings is 1. The second-order valence-corrected chi connectivity index (χ2v) is 10.7. The Hall–Kier alpha value is -1.25. The Morgan fingerprint density at radius 3 is 2.37 bits per heavy atom. The molecule has 1 fully saturated rings. The van der Waals surface area contributed by atoms with E-state index in [1.54, 1.807) is 16.4 Å². The van der Waals surface area contributed by atoms with Crippen molar-refractivity contribution in [2.75, 3.05) is 32.4 Å². The van der Waals surface area contributed by atoms with Gasteiger partial charge in [0, 0.05) is 30.9 Å². The van der Waals surface area contributed by atoms with Gasteiger partial charge in [-0.3, -0.25) is 0 Å². The molecule has 0 bridgehead atoms. The van der Waals surface area contributed by atoms with Crippen molar-refractivity contribution < 1.29 is 8.42 Å². The molecule has 1 saturated heterocycles. The molecule has 8 heteroatoms. The number of sulfonamides is 1. The molecule has 1 aliphatic heterocycles. The maximum Gasteiger partial charge on any atom is 0.243 e. The molecule has 0 spiro atoms. The Labute approximate surface area is 168 Å². The van der Waals surface area contributed by atoms with Gasteiger partial charge in [0.15, 0.2) is 5.96 Å². The van der Waals surface area contributed by atoms with E-state index in [0.29, 0.717) is 24.5 Å². The van der Waals surface area contributed by atoms with Gasteiger partial charge in [-0.15, -0.1) is 0 Å². The molecule has 0 saturated carbocycles. The van der Waals surface area contributed by atoms with Crippen LogP contribution in [0.3, 0.4) is 0 Å². The van der Waals surface area contributed by atoms with Crippen molar-refractivity contribution in [2.45, 2.75) is 49.8 Å². The first-order valence-corrected chi connectivity index (χ1v) is 12.1. The molecule has 1 aliphatic rings. The van der Waals surface area contributed by atoms with Crippen molar-refractivity contribution in [2.24, 2.45) is 4.99 Å². The van der Waals surface area contributed by atoms with Gasteiger partial charge in [0.05, 0.1) is 11.4 Å². The topological polar surface area (TPSA) is 73.8 Å². The molecule has 0 amide bonds. The Balaban J connectivity index is 2.02. The number of aliphatic imine (C=N–C) groups is 1. The minimum atomic E-state index is -3.35. The van der Waals surface area contributed by atoms with E-state index in [1.165, 1.54) is 0 Å². The van der Waals surface area contributed by atoms with Crippen LogP contribution in [0.4, 0.5) is 0 Å². The quantitative estimate of drug-likeness (QED) is 0.507. The maximum atomic E-state index is 12.6. The van der Waals surface area contributed by atoms with Gasteiger partial charge >= 0.3 is 0 Å². The van der Waals surface area contributed by atoms with Crippen LogP contribution in [0.5, 0.6) is 0 Å². The average molecular weight is 413 g/mol. The lowest BCUT2D eigenvalue weighted by atomic mass is 10.2. The average Bonchev–Trinajstić information content (AvgIpc) is 3.20. The van der Waals surface area contributed by atoms with Crippen molar-refractivity contribution in [1.29, 1.82) is 0 Å². The van der Waals surface area contributed by atoms with Crippen LogP contribution in [0.15, 0.2) is 34.2 Å². The predicted molar refractivity (Wildman–Crippen MR) is 115 cm³/mol. The van der Waals surface area contributed by atoms with Gasteiger partial charge in [-0.1, -0.05) is 12.1 Å². The van der Waals surface area contributed by atoms with Crippen LogP contribution < -0.4 is 10.6 Å². The van der Waals surface area contributed by atoms with Gasteiger partial charge in [0.25, 0.3) is 0 Å². The summed E-state index contributed by atoms with van der Waals surface area (Å²) < 4.78 is 26.9. The van der Waals surface area contributed by atoms with E-state index in [4.69, 9.17) is 0 Å². The third-order valence-electron chi connectivity index (χ3n) is 4.62. The molecule has 0 radical (unpaired) electrons. The molecular formula is C19H32N4O2S2. The summed E-state index contributed by atoms with van der Waals surface area (Å²) in [4.78, 5) is 4.98. The van der Waals surface area contributed by atoms with Crippen LogP contribution in [0, 0.1) is 0 Å². The third kappa shape index (κ3) is 6.40. The fraction of sp³-hybridized carbons (Fsp3) is 0.632. The van der Waals surface area contributed by atoms with E-state index in [0.717, 1.165) is 37.5 Å². The minimum Gasteiger partial charge on any atom is -0.357 e. The molecule has 0 unspecified atom stereocenters. The number of guanidine groups is 1. The highest BCUT2D eigenvalue weighted by molar-refractivity contribution is 7.99. The largest absolute Gasteiger partial charge is 0.357 e. The lowest BCUT2D eigenvalue weighted by Crippen LogP contribution is -2.43. The van der Waals surface area contributed by atoms with Crippen LogP contribution in [-0.4, -0.2) is 55.9 Å². The second kappa shape index (κ2) is 9.80. The van der Waals surface area contributed by atoms with E-state index in [1.807, 2.05) is 30.8 Å². The van der Waals surface area contributed by atoms with Gasteiger partial charge in [-0.05, 0) is 57.6 Å². The van der Waals surface area contributed by atoms with E-state index >= 15 is 0 Å². The third-order valence-corrected chi connectivity index (χ3v) is 7.79. The fourth-order valence-electron chi connectivity index (χ4n) is 2.73. The van der Waals surface area contributed by atoms with Crippen LogP contribution in [0.1, 0.15) is 39.2 Å². The minimum absolute atomic E-state index is 0.127. The van der Waals surface area contributed by atoms with Gasteiger partial charge < -0.3 is 10.6 Å². The van der Waals surface area contributed by atoms with Crippen molar-refractivity contribution in [3.8, 4) is 0 Å².